The Bertz CT molecular complexity index is 822. The summed E-state index contributed by atoms with van der Waals surface area (Å²) in [5.74, 6) is -0.0743. The van der Waals surface area contributed by atoms with Crippen LogP contribution in [0, 0.1) is 6.92 Å². The van der Waals surface area contributed by atoms with Crippen molar-refractivity contribution in [3.05, 3.63) is 59.4 Å². The molecule has 1 aliphatic heterocycles. The van der Waals surface area contributed by atoms with Crippen molar-refractivity contribution >= 4 is 17.5 Å². The van der Waals surface area contributed by atoms with Crippen LogP contribution in [-0.2, 0) is 11.3 Å². The van der Waals surface area contributed by atoms with E-state index < -0.39 is 6.04 Å². The maximum Gasteiger partial charge on any atom is 0.254 e. The summed E-state index contributed by atoms with van der Waals surface area (Å²) in [6, 6.07) is 9.14. The molecule has 2 aromatic rings. The summed E-state index contributed by atoms with van der Waals surface area (Å²) < 4.78 is 0. The van der Waals surface area contributed by atoms with E-state index in [-0.39, 0.29) is 11.8 Å². The molecule has 0 bridgehead atoms. The van der Waals surface area contributed by atoms with Crippen LogP contribution in [-0.4, -0.2) is 52.3 Å². The largest absolute Gasteiger partial charge is 0.381 e. The highest BCUT2D eigenvalue weighted by molar-refractivity contribution is 6.00. The highest BCUT2D eigenvalue weighted by atomic mass is 16.2. The number of likely N-dealkylation sites (N-methyl/N-ethyl adjacent to an activating group) is 1. The number of carbonyl (C=O) groups excluding carboxylic acids is 2. The van der Waals surface area contributed by atoms with Gasteiger partial charge in [-0.15, -0.1) is 0 Å². The lowest BCUT2D eigenvalue weighted by Crippen LogP contribution is -2.57. The van der Waals surface area contributed by atoms with E-state index in [1.54, 1.807) is 16.0 Å². The molecule has 1 aromatic carbocycles. The maximum absolute atomic E-state index is 13.1. The zero-order valence-electron chi connectivity index (χ0n) is 16.1. The van der Waals surface area contributed by atoms with Crippen molar-refractivity contribution in [2.45, 2.75) is 33.4 Å². The summed E-state index contributed by atoms with van der Waals surface area (Å²) in [5, 5.41) is 3.38. The van der Waals surface area contributed by atoms with E-state index in [2.05, 4.69) is 10.3 Å². The van der Waals surface area contributed by atoms with Gasteiger partial charge in [0.2, 0.25) is 5.91 Å². The summed E-state index contributed by atoms with van der Waals surface area (Å²) in [6.45, 7) is 8.17. The average molecular weight is 366 g/mol. The Kier molecular flexibility index (Phi) is 5.74. The Morgan fingerprint density at radius 3 is 2.78 bits per heavy atom. The van der Waals surface area contributed by atoms with E-state index in [0.717, 1.165) is 16.8 Å². The number of pyridine rings is 1. The van der Waals surface area contributed by atoms with Gasteiger partial charge in [0.05, 0.1) is 0 Å². The molecule has 0 aliphatic carbocycles. The van der Waals surface area contributed by atoms with Gasteiger partial charge < -0.3 is 15.1 Å². The number of nitrogens with one attached hydrogen (secondary N) is 1. The zero-order chi connectivity index (χ0) is 19.4. The molecule has 0 radical (unpaired) electrons. The monoisotopic (exact) mass is 366 g/mol. The van der Waals surface area contributed by atoms with Crippen LogP contribution in [0.15, 0.2) is 42.7 Å². The normalized spacial score (nSPS) is 17.1. The fourth-order valence-electron chi connectivity index (χ4n) is 3.43. The van der Waals surface area contributed by atoms with Gasteiger partial charge in [0, 0.05) is 49.8 Å². The van der Waals surface area contributed by atoms with Gasteiger partial charge in [-0.1, -0.05) is 12.1 Å². The van der Waals surface area contributed by atoms with Gasteiger partial charge in [-0.3, -0.25) is 14.6 Å². The molecule has 0 unspecified atom stereocenters. The molecule has 6 nitrogen and oxygen atoms in total. The highest BCUT2D eigenvalue weighted by Crippen LogP contribution is 2.23. The smallest absolute Gasteiger partial charge is 0.254 e. The van der Waals surface area contributed by atoms with E-state index in [1.807, 2.05) is 57.3 Å². The van der Waals surface area contributed by atoms with Crippen LogP contribution in [0.25, 0.3) is 0 Å². The first-order valence-electron chi connectivity index (χ1n) is 9.35. The topological polar surface area (TPSA) is 65.5 Å². The average Bonchev–Trinajstić information content (AvgIpc) is 2.69. The van der Waals surface area contributed by atoms with Crippen molar-refractivity contribution in [3.8, 4) is 0 Å². The van der Waals surface area contributed by atoms with Gasteiger partial charge >= 0.3 is 0 Å². The Morgan fingerprint density at radius 1 is 1.26 bits per heavy atom. The molecule has 0 spiro atoms. The first-order chi connectivity index (χ1) is 13.0. The second kappa shape index (κ2) is 8.20. The lowest BCUT2D eigenvalue weighted by Gasteiger charge is -2.39. The number of piperazine rings is 1. The number of amides is 2. The summed E-state index contributed by atoms with van der Waals surface area (Å²) in [5.41, 5.74) is 3.51. The highest BCUT2D eigenvalue weighted by Gasteiger charge is 2.34. The number of aromatic nitrogens is 1. The summed E-state index contributed by atoms with van der Waals surface area (Å²) in [7, 11) is 0. The van der Waals surface area contributed by atoms with Gasteiger partial charge in [0.15, 0.2) is 0 Å². The SMILES string of the molecule is CCN1CCN(C(=O)c2cccc(NCc3cccnc3)c2C)[C@H](C)C1=O. The summed E-state index contributed by atoms with van der Waals surface area (Å²) in [4.78, 5) is 33.1. The minimum Gasteiger partial charge on any atom is -0.381 e. The number of carbonyl (C=O) groups is 2. The molecule has 1 N–H and O–H groups in total. The molecule has 1 saturated heterocycles. The second-order valence-electron chi connectivity index (χ2n) is 6.79. The molecule has 1 aliphatic rings. The van der Waals surface area contributed by atoms with Gasteiger partial charge in [-0.25, -0.2) is 0 Å². The molecule has 2 heterocycles. The zero-order valence-corrected chi connectivity index (χ0v) is 16.1. The van der Waals surface area contributed by atoms with Crippen LogP contribution >= 0.6 is 0 Å². The van der Waals surface area contributed by atoms with Crippen LogP contribution in [0.4, 0.5) is 5.69 Å². The molecule has 1 aromatic heterocycles. The number of benzene rings is 1. The number of anilines is 1. The van der Waals surface area contributed by atoms with E-state index in [0.29, 0.717) is 31.7 Å². The minimum absolute atomic E-state index is 0.0145. The lowest BCUT2D eigenvalue weighted by atomic mass is 10.0. The molecule has 3 rings (SSSR count). The molecule has 1 atom stereocenters. The van der Waals surface area contributed by atoms with E-state index in [1.165, 1.54) is 0 Å². The number of nitrogens with zero attached hydrogens (tertiary/aromatic N) is 3. The van der Waals surface area contributed by atoms with Crippen LogP contribution < -0.4 is 5.32 Å². The molecule has 1 fully saturated rings. The van der Waals surface area contributed by atoms with Gasteiger partial charge in [-0.05, 0) is 50.1 Å². The Morgan fingerprint density at radius 2 is 2.07 bits per heavy atom. The lowest BCUT2D eigenvalue weighted by molar-refractivity contribution is -0.139. The predicted octanol–water partition coefficient (Wildman–Crippen LogP) is 2.69. The van der Waals surface area contributed by atoms with Crippen molar-refractivity contribution in [2.24, 2.45) is 0 Å². The minimum atomic E-state index is -0.433. The number of rotatable bonds is 5. The van der Waals surface area contributed by atoms with Crippen LogP contribution in [0.2, 0.25) is 0 Å². The number of hydrogen-bond donors (Lipinski definition) is 1. The fourth-order valence-corrected chi connectivity index (χ4v) is 3.43. The molecular formula is C21H26N4O2. The van der Waals surface area contributed by atoms with Crippen molar-refractivity contribution in [2.75, 3.05) is 25.0 Å². The van der Waals surface area contributed by atoms with E-state index >= 15 is 0 Å². The predicted molar refractivity (Wildman–Crippen MR) is 105 cm³/mol. The fraction of sp³-hybridized carbons (Fsp3) is 0.381. The van der Waals surface area contributed by atoms with Gasteiger partial charge in [-0.2, -0.15) is 0 Å². The summed E-state index contributed by atoms with van der Waals surface area (Å²) >= 11 is 0. The standard InChI is InChI=1S/C21H26N4O2/c1-4-24-11-12-25(16(3)20(24)26)21(27)18-8-5-9-19(15(18)2)23-14-17-7-6-10-22-13-17/h5-10,13,16,23H,4,11-12,14H2,1-3H3/t16-/m1/s1. The Labute approximate surface area is 160 Å². The molecule has 27 heavy (non-hydrogen) atoms. The first-order valence-corrected chi connectivity index (χ1v) is 9.35. The first kappa shape index (κ1) is 18.9. The van der Waals surface area contributed by atoms with Gasteiger partial charge in [0.1, 0.15) is 6.04 Å². The third kappa shape index (κ3) is 3.94. The second-order valence-corrected chi connectivity index (χ2v) is 6.79. The number of hydrogen-bond acceptors (Lipinski definition) is 4. The molecule has 142 valence electrons. The van der Waals surface area contributed by atoms with Crippen molar-refractivity contribution < 1.29 is 9.59 Å². The third-order valence-corrected chi connectivity index (χ3v) is 5.16. The molecule has 0 saturated carbocycles. The third-order valence-electron chi connectivity index (χ3n) is 5.16. The quantitative estimate of drug-likeness (QED) is 0.884. The van der Waals surface area contributed by atoms with Crippen LogP contribution in [0.1, 0.15) is 35.3 Å². The van der Waals surface area contributed by atoms with Crippen LogP contribution in [0.3, 0.4) is 0 Å². The Balaban J connectivity index is 1.76. The van der Waals surface area contributed by atoms with E-state index in [9.17, 15) is 9.59 Å². The Hall–Kier alpha value is -2.89. The van der Waals surface area contributed by atoms with Crippen molar-refractivity contribution in [1.29, 1.82) is 0 Å². The van der Waals surface area contributed by atoms with Gasteiger partial charge in [0.25, 0.3) is 5.91 Å². The molecular weight excluding hydrogens is 340 g/mol. The van der Waals surface area contributed by atoms with Crippen molar-refractivity contribution in [3.63, 3.8) is 0 Å². The molecule has 2 amide bonds. The van der Waals surface area contributed by atoms with Crippen molar-refractivity contribution in [1.82, 2.24) is 14.8 Å². The maximum atomic E-state index is 13.1. The molecule has 6 heteroatoms. The van der Waals surface area contributed by atoms with E-state index in [4.69, 9.17) is 0 Å². The summed E-state index contributed by atoms with van der Waals surface area (Å²) in [6.07, 6.45) is 3.56. The van der Waals surface area contributed by atoms with Crippen LogP contribution in [0.5, 0.6) is 0 Å².